The molecular weight excluding hydrogens is 420 g/mol. The molecule has 3 rings (SSSR count). The minimum Gasteiger partial charge on any atom is -0.385 e. The van der Waals surface area contributed by atoms with E-state index < -0.39 is 11.2 Å². The van der Waals surface area contributed by atoms with E-state index in [2.05, 4.69) is 4.98 Å². The van der Waals surface area contributed by atoms with E-state index in [-0.39, 0.29) is 36.9 Å². The molecule has 8 heteroatoms. The van der Waals surface area contributed by atoms with Gasteiger partial charge < -0.3 is 15.4 Å². The first-order valence-corrected chi connectivity index (χ1v) is 10.9. The van der Waals surface area contributed by atoms with E-state index in [1.807, 2.05) is 61.5 Å². The second-order valence-electron chi connectivity index (χ2n) is 7.94. The van der Waals surface area contributed by atoms with Crippen LogP contribution < -0.4 is 21.9 Å². The van der Waals surface area contributed by atoms with Crippen LogP contribution in [0.5, 0.6) is 0 Å². The molecule has 0 unspecified atom stereocenters. The van der Waals surface area contributed by atoms with Crippen molar-refractivity contribution in [2.24, 2.45) is 0 Å². The van der Waals surface area contributed by atoms with Crippen LogP contribution in [0.25, 0.3) is 0 Å². The quantitative estimate of drug-likeness (QED) is 0.461. The number of amides is 1. The Balaban J connectivity index is 1.92. The highest BCUT2D eigenvalue weighted by molar-refractivity contribution is 5.95. The number of carbonyl (C=O) groups is 1. The summed E-state index contributed by atoms with van der Waals surface area (Å²) in [7, 11) is 1.57. The number of aromatic nitrogens is 2. The van der Waals surface area contributed by atoms with Gasteiger partial charge in [-0.15, -0.1) is 0 Å². The van der Waals surface area contributed by atoms with Crippen LogP contribution in [0.15, 0.2) is 64.2 Å². The molecule has 0 bridgehead atoms. The Hall–Kier alpha value is -3.65. The van der Waals surface area contributed by atoms with Crippen molar-refractivity contribution in [2.75, 3.05) is 30.9 Å². The van der Waals surface area contributed by atoms with Gasteiger partial charge in [0.1, 0.15) is 5.82 Å². The Morgan fingerprint density at radius 3 is 2.42 bits per heavy atom. The number of aromatic amines is 1. The molecule has 1 heterocycles. The van der Waals surface area contributed by atoms with Crippen LogP contribution in [-0.2, 0) is 22.5 Å². The van der Waals surface area contributed by atoms with Gasteiger partial charge in [-0.25, -0.2) is 4.79 Å². The fraction of sp³-hybridized carbons (Fsp3) is 0.320. The number of anilines is 2. The van der Waals surface area contributed by atoms with Gasteiger partial charge in [-0.2, -0.15) is 0 Å². The van der Waals surface area contributed by atoms with Gasteiger partial charge in [0, 0.05) is 26.7 Å². The van der Waals surface area contributed by atoms with Gasteiger partial charge in [-0.3, -0.25) is 19.1 Å². The van der Waals surface area contributed by atoms with Crippen molar-refractivity contribution < 1.29 is 9.53 Å². The summed E-state index contributed by atoms with van der Waals surface area (Å²) >= 11 is 0. The lowest BCUT2D eigenvalue weighted by molar-refractivity contribution is -0.118. The van der Waals surface area contributed by atoms with Gasteiger partial charge in [0.15, 0.2) is 5.69 Å². The summed E-state index contributed by atoms with van der Waals surface area (Å²) in [4.78, 5) is 42.2. The molecule has 174 valence electrons. The lowest BCUT2D eigenvalue weighted by atomic mass is 10.1. The maximum absolute atomic E-state index is 13.2. The van der Waals surface area contributed by atoms with E-state index >= 15 is 0 Å². The SMILES string of the molecule is COCCCN(C(=O)CCc1ccc(C)cc1)c1c(N)n(Cc2ccccc2)c(=O)[nH]c1=O. The Morgan fingerprint density at radius 2 is 1.76 bits per heavy atom. The van der Waals surface area contributed by atoms with E-state index in [4.69, 9.17) is 10.5 Å². The zero-order valence-electron chi connectivity index (χ0n) is 19.0. The first-order chi connectivity index (χ1) is 15.9. The fourth-order valence-electron chi connectivity index (χ4n) is 3.63. The highest BCUT2D eigenvalue weighted by Crippen LogP contribution is 2.20. The molecule has 0 atom stereocenters. The third kappa shape index (κ3) is 6.20. The Labute approximate surface area is 192 Å². The number of nitrogens with two attached hydrogens (primary N) is 1. The third-order valence-electron chi connectivity index (χ3n) is 5.45. The number of hydrogen-bond acceptors (Lipinski definition) is 5. The van der Waals surface area contributed by atoms with Crippen LogP contribution in [-0.4, -0.2) is 35.7 Å². The third-order valence-corrected chi connectivity index (χ3v) is 5.45. The summed E-state index contributed by atoms with van der Waals surface area (Å²) in [6.07, 6.45) is 1.25. The molecule has 3 N–H and O–H groups in total. The first kappa shape index (κ1) is 24.0. The second kappa shape index (κ2) is 11.3. The van der Waals surface area contributed by atoms with Crippen LogP contribution >= 0.6 is 0 Å². The topological polar surface area (TPSA) is 110 Å². The standard InChI is InChI=1S/C25H30N4O4/c1-18-9-11-19(12-10-18)13-14-21(30)28(15-6-16-33-2)22-23(26)29(25(32)27-24(22)31)17-20-7-4-3-5-8-20/h3-5,7-12H,6,13-17,26H2,1-2H3,(H,27,31,32). The van der Waals surface area contributed by atoms with E-state index in [0.717, 1.165) is 16.7 Å². The van der Waals surface area contributed by atoms with E-state index in [1.54, 1.807) is 7.11 Å². The molecule has 1 aromatic heterocycles. The monoisotopic (exact) mass is 450 g/mol. The number of ether oxygens (including phenoxy) is 1. The van der Waals surface area contributed by atoms with Crippen molar-refractivity contribution >= 4 is 17.4 Å². The first-order valence-electron chi connectivity index (χ1n) is 10.9. The molecule has 8 nitrogen and oxygen atoms in total. The summed E-state index contributed by atoms with van der Waals surface area (Å²) in [6.45, 7) is 2.85. The van der Waals surface area contributed by atoms with Gasteiger partial charge in [-0.05, 0) is 30.9 Å². The van der Waals surface area contributed by atoms with Crippen LogP contribution in [0.4, 0.5) is 11.5 Å². The highest BCUT2D eigenvalue weighted by Gasteiger charge is 2.24. The Bertz CT molecular complexity index is 1180. The maximum Gasteiger partial charge on any atom is 0.330 e. The van der Waals surface area contributed by atoms with Crippen molar-refractivity contribution in [3.8, 4) is 0 Å². The molecular formula is C25H30N4O4. The van der Waals surface area contributed by atoms with E-state index in [1.165, 1.54) is 9.47 Å². The zero-order valence-corrected chi connectivity index (χ0v) is 19.0. The molecule has 33 heavy (non-hydrogen) atoms. The normalized spacial score (nSPS) is 10.8. The van der Waals surface area contributed by atoms with Crippen LogP contribution in [0.2, 0.25) is 0 Å². The number of carbonyl (C=O) groups excluding carboxylic acids is 1. The van der Waals surface area contributed by atoms with Gasteiger partial charge in [-0.1, -0.05) is 60.2 Å². The number of rotatable bonds is 10. The number of H-pyrrole nitrogens is 1. The molecule has 0 aliphatic carbocycles. The van der Waals surface area contributed by atoms with Crippen molar-refractivity contribution in [3.05, 3.63) is 92.1 Å². The van der Waals surface area contributed by atoms with Gasteiger partial charge in [0.2, 0.25) is 5.91 Å². The van der Waals surface area contributed by atoms with Crippen molar-refractivity contribution in [1.82, 2.24) is 9.55 Å². The number of nitrogens with zero attached hydrogens (tertiary/aromatic N) is 2. The van der Waals surface area contributed by atoms with Crippen molar-refractivity contribution in [1.29, 1.82) is 0 Å². The summed E-state index contributed by atoms with van der Waals surface area (Å²) in [5, 5.41) is 0. The number of nitrogens with one attached hydrogen (secondary N) is 1. The highest BCUT2D eigenvalue weighted by atomic mass is 16.5. The summed E-state index contributed by atoms with van der Waals surface area (Å²) in [5.41, 5.74) is 8.04. The molecule has 0 radical (unpaired) electrons. The summed E-state index contributed by atoms with van der Waals surface area (Å²) < 4.78 is 6.40. The van der Waals surface area contributed by atoms with E-state index in [0.29, 0.717) is 19.4 Å². The minimum atomic E-state index is -0.678. The van der Waals surface area contributed by atoms with Crippen molar-refractivity contribution in [2.45, 2.75) is 32.7 Å². The van der Waals surface area contributed by atoms with Crippen molar-refractivity contribution in [3.63, 3.8) is 0 Å². The van der Waals surface area contributed by atoms with Gasteiger partial charge in [0.05, 0.1) is 6.54 Å². The zero-order chi connectivity index (χ0) is 23.8. The van der Waals surface area contributed by atoms with Gasteiger partial charge >= 0.3 is 5.69 Å². The second-order valence-corrected chi connectivity index (χ2v) is 7.94. The minimum absolute atomic E-state index is 0.00413. The molecule has 0 saturated carbocycles. The molecule has 3 aromatic rings. The lowest BCUT2D eigenvalue weighted by Crippen LogP contribution is -2.42. The maximum atomic E-state index is 13.2. The van der Waals surface area contributed by atoms with Crippen LogP contribution in [0, 0.1) is 6.92 Å². The molecule has 0 saturated heterocycles. The summed E-state index contributed by atoms with van der Waals surface area (Å²) in [6, 6.07) is 17.3. The van der Waals surface area contributed by atoms with Crippen LogP contribution in [0.1, 0.15) is 29.5 Å². The predicted molar refractivity (Wildman–Crippen MR) is 130 cm³/mol. The number of nitrogen functional groups attached to an aromatic ring is 1. The summed E-state index contributed by atoms with van der Waals surface area (Å²) in [5.74, 6) is -0.275. The molecule has 1 amide bonds. The Morgan fingerprint density at radius 1 is 1.06 bits per heavy atom. The Kier molecular flexibility index (Phi) is 8.21. The molecule has 0 aliphatic rings. The molecule has 2 aromatic carbocycles. The average molecular weight is 451 g/mol. The lowest BCUT2D eigenvalue weighted by Gasteiger charge is -2.24. The van der Waals surface area contributed by atoms with E-state index in [9.17, 15) is 14.4 Å². The number of aryl methyl sites for hydroxylation is 2. The van der Waals surface area contributed by atoms with Crippen LogP contribution in [0.3, 0.4) is 0 Å². The fourth-order valence-corrected chi connectivity index (χ4v) is 3.63. The molecule has 0 aliphatic heterocycles. The predicted octanol–water partition coefficient (Wildman–Crippen LogP) is 2.48. The number of hydrogen-bond donors (Lipinski definition) is 2. The number of benzene rings is 2. The average Bonchev–Trinajstić information content (AvgIpc) is 2.81. The molecule has 0 spiro atoms. The largest absolute Gasteiger partial charge is 0.385 e. The van der Waals surface area contributed by atoms with Gasteiger partial charge in [0.25, 0.3) is 5.56 Å². The molecule has 0 fully saturated rings. The number of methoxy groups -OCH3 is 1. The smallest absolute Gasteiger partial charge is 0.330 e.